The van der Waals surface area contributed by atoms with Crippen LogP contribution in [0, 0.1) is 5.82 Å². The van der Waals surface area contributed by atoms with E-state index in [2.05, 4.69) is 5.32 Å². The fourth-order valence-electron chi connectivity index (χ4n) is 3.87. The summed E-state index contributed by atoms with van der Waals surface area (Å²) in [5.41, 5.74) is 0.672. The zero-order chi connectivity index (χ0) is 21.3. The molecule has 0 spiro atoms. The Balaban J connectivity index is 1.52. The Labute approximate surface area is 173 Å². The molecule has 2 aromatic rings. The number of sulfonamides is 1. The fourth-order valence-corrected chi connectivity index (χ4v) is 4.83. The van der Waals surface area contributed by atoms with Gasteiger partial charge in [0.15, 0.2) is 6.61 Å². The summed E-state index contributed by atoms with van der Waals surface area (Å²) in [5.74, 6) is -2.04. The number of anilines is 1. The number of benzene rings is 2. The second kappa shape index (κ2) is 8.06. The van der Waals surface area contributed by atoms with E-state index in [4.69, 9.17) is 4.74 Å². The van der Waals surface area contributed by atoms with Crippen molar-refractivity contribution in [3.8, 4) is 5.75 Å². The van der Waals surface area contributed by atoms with Crippen molar-refractivity contribution in [3.05, 3.63) is 53.3 Å². The van der Waals surface area contributed by atoms with Crippen LogP contribution < -0.4 is 14.8 Å². The molecule has 2 aromatic carbocycles. The van der Waals surface area contributed by atoms with E-state index in [1.807, 2.05) is 4.72 Å². The number of carbonyl (C=O) groups excluding carboxylic acids is 2. The van der Waals surface area contributed by atoms with Crippen molar-refractivity contribution in [2.24, 2.45) is 0 Å². The number of halogens is 1. The van der Waals surface area contributed by atoms with Crippen molar-refractivity contribution < 1.29 is 27.1 Å². The van der Waals surface area contributed by atoms with Gasteiger partial charge in [0.05, 0.1) is 16.1 Å². The third-order valence-electron chi connectivity index (χ3n) is 5.44. The first-order valence-electron chi connectivity index (χ1n) is 9.77. The van der Waals surface area contributed by atoms with Gasteiger partial charge >= 0.3 is 0 Å². The number of hydrogen-bond acceptors (Lipinski definition) is 5. The van der Waals surface area contributed by atoms with Gasteiger partial charge in [0, 0.05) is 6.07 Å². The molecule has 7 nitrogen and oxygen atoms in total. The molecule has 1 heterocycles. The van der Waals surface area contributed by atoms with Crippen LogP contribution in [-0.2, 0) is 14.8 Å². The lowest BCUT2D eigenvalue weighted by molar-refractivity contribution is -0.118. The molecular weight excluding hydrogens is 411 g/mol. The molecule has 1 aliphatic carbocycles. The summed E-state index contributed by atoms with van der Waals surface area (Å²) in [6.45, 7) is -0.261. The van der Waals surface area contributed by atoms with E-state index in [0.29, 0.717) is 5.92 Å². The van der Waals surface area contributed by atoms with Gasteiger partial charge in [-0.15, -0.1) is 0 Å². The average Bonchev–Trinajstić information content (AvgIpc) is 2.74. The van der Waals surface area contributed by atoms with Crippen LogP contribution in [0.3, 0.4) is 0 Å². The Morgan fingerprint density at radius 2 is 1.80 bits per heavy atom. The SMILES string of the molecule is O=C1COc2cc(F)c(C(=O)NS(=O)(=O)c3ccc(C4CCCCC4)cc3)cc2N1. The number of hydrogen-bond donors (Lipinski definition) is 2. The highest BCUT2D eigenvalue weighted by Gasteiger charge is 2.25. The molecule has 30 heavy (non-hydrogen) atoms. The quantitative estimate of drug-likeness (QED) is 0.772. The van der Waals surface area contributed by atoms with E-state index >= 15 is 0 Å². The molecular formula is C21H21FN2O5S. The summed E-state index contributed by atoms with van der Waals surface area (Å²) >= 11 is 0. The molecule has 0 aromatic heterocycles. The molecule has 0 radical (unpaired) electrons. The van der Waals surface area contributed by atoms with Crippen LogP contribution in [0.25, 0.3) is 0 Å². The zero-order valence-corrected chi connectivity index (χ0v) is 16.9. The summed E-state index contributed by atoms with van der Waals surface area (Å²) in [7, 11) is -4.19. The van der Waals surface area contributed by atoms with Crippen LogP contribution in [0.4, 0.5) is 10.1 Å². The maximum atomic E-state index is 14.3. The molecule has 0 saturated heterocycles. The van der Waals surface area contributed by atoms with E-state index in [9.17, 15) is 22.4 Å². The highest BCUT2D eigenvalue weighted by atomic mass is 32.2. The summed E-state index contributed by atoms with van der Waals surface area (Å²) in [4.78, 5) is 23.8. The summed E-state index contributed by atoms with van der Waals surface area (Å²) in [5, 5.41) is 2.45. The number of fused-ring (bicyclic) bond motifs is 1. The Hall–Kier alpha value is -2.94. The summed E-state index contributed by atoms with van der Waals surface area (Å²) < 4.78 is 46.5. The maximum absolute atomic E-state index is 14.3. The minimum Gasteiger partial charge on any atom is -0.481 e. The monoisotopic (exact) mass is 432 g/mol. The van der Waals surface area contributed by atoms with Crippen molar-refractivity contribution in [1.29, 1.82) is 0 Å². The van der Waals surface area contributed by atoms with Gasteiger partial charge in [0.2, 0.25) is 0 Å². The van der Waals surface area contributed by atoms with E-state index < -0.39 is 33.2 Å². The van der Waals surface area contributed by atoms with Crippen molar-refractivity contribution in [3.63, 3.8) is 0 Å². The van der Waals surface area contributed by atoms with Crippen LogP contribution in [0.2, 0.25) is 0 Å². The third-order valence-corrected chi connectivity index (χ3v) is 6.79. The van der Waals surface area contributed by atoms with Gasteiger partial charge < -0.3 is 10.1 Å². The normalized spacial score (nSPS) is 16.9. The zero-order valence-electron chi connectivity index (χ0n) is 16.1. The lowest BCUT2D eigenvalue weighted by atomic mass is 9.84. The van der Waals surface area contributed by atoms with Gasteiger partial charge in [0.25, 0.3) is 21.8 Å². The molecule has 1 fully saturated rings. The summed E-state index contributed by atoms with van der Waals surface area (Å²) in [6, 6.07) is 8.43. The maximum Gasteiger partial charge on any atom is 0.268 e. The van der Waals surface area contributed by atoms with Crippen molar-refractivity contribution in [2.45, 2.75) is 42.9 Å². The Bertz CT molecular complexity index is 1090. The first-order valence-corrected chi connectivity index (χ1v) is 11.2. The predicted molar refractivity (Wildman–Crippen MR) is 107 cm³/mol. The lowest BCUT2D eigenvalue weighted by Gasteiger charge is -2.22. The smallest absolute Gasteiger partial charge is 0.268 e. The molecule has 2 aliphatic rings. The first kappa shape index (κ1) is 20.3. The molecule has 0 atom stereocenters. The van der Waals surface area contributed by atoms with Crippen molar-refractivity contribution in [2.75, 3.05) is 11.9 Å². The molecule has 2 amide bonds. The van der Waals surface area contributed by atoms with Crippen molar-refractivity contribution >= 4 is 27.5 Å². The Morgan fingerprint density at radius 3 is 2.50 bits per heavy atom. The number of amides is 2. The molecule has 0 bridgehead atoms. The number of rotatable bonds is 4. The molecule has 1 aliphatic heterocycles. The largest absolute Gasteiger partial charge is 0.481 e. The van der Waals surface area contributed by atoms with E-state index in [0.717, 1.165) is 30.5 Å². The average molecular weight is 432 g/mol. The molecule has 2 N–H and O–H groups in total. The van der Waals surface area contributed by atoms with Gasteiger partial charge in [-0.25, -0.2) is 17.5 Å². The van der Waals surface area contributed by atoms with E-state index in [1.165, 1.54) is 31.4 Å². The molecule has 0 unspecified atom stereocenters. The minimum absolute atomic E-state index is 0.0739. The second-order valence-electron chi connectivity index (χ2n) is 7.50. The molecule has 4 rings (SSSR count). The van der Waals surface area contributed by atoms with Crippen LogP contribution in [0.15, 0.2) is 41.3 Å². The lowest BCUT2D eigenvalue weighted by Crippen LogP contribution is -2.32. The topological polar surface area (TPSA) is 102 Å². The Kier molecular flexibility index (Phi) is 5.46. The molecule has 9 heteroatoms. The van der Waals surface area contributed by atoms with Gasteiger partial charge in [-0.05, 0) is 42.5 Å². The third kappa shape index (κ3) is 4.16. The Morgan fingerprint density at radius 1 is 1.10 bits per heavy atom. The highest BCUT2D eigenvalue weighted by molar-refractivity contribution is 7.90. The molecule has 158 valence electrons. The number of ether oxygens (including phenoxy) is 1. The van der Waals surface area contributed by atoms with Gasteiger partial charge in [0.1, 0.15) is 11.6 Å². The van der Waals surface area contributed by atoms with E-state index in [-0.39, 0.29) is 22.9 Å². The predicted octanol–water partition coefficient (Wildman–Crippen LogP) is 3.32. The van der Waals surface area contributed by atoms with Gasteiger partial charge in [-0.2, -0.15) is 0 Å². The fraction of sp³-hybridized carbons (Fsp3) is 0.333. The van der Waals surface area contributed by atoms with Gasteiger partial charge in [-0.3, -0.25) is 9.59 Å². The van der Waals surface area contributed by atoms with Crippen LogP contribution in [0.5, 0.6) is 5.75 Å². The second-order valence-corrected chi connectivity index (χ2v) is 9.19. The molecule has 1 saturated carbocycles. The summed E-state index contributed by atoms with van der Waals surface area (Å²) in [6.07, 6.45) is 5.72. The van der Waals surface area contributed by atoms with Crippen molar-refractivity contribution in [1.82, 2.24) is 4.72 Å². The van der Waals surface area contributed by atoms with Gasteiger partial charge in [-0.1, -0.05) is 31.4 Å². The van der Waals surface area contributed by atoms with Crippen LogP contribution in [0.1, 0.15) is 53.9 Å². The first-order chi connectivity index (χ1) is 14.3. The van der Waals surface area contributed by atoms with E-state index in [1.54, 1.807) is 12.1 Å². The minimum atomic E-state index is -4.19. The highest BCUT2D eigenvalue weighted by Crippen LogP contribution is 2.33. The standard InChI is InChI=1S/C21H21FN2O5S/c22-17-11-19-18(23-20(25)12-29-19)10-16(17)21(26)24-30(27,28)15-8-6-14(7-9-15)13-4-2-1-3-5-13/h6-11,13H,1-5,12H2,(H,23,25)(H,24,26). The number of nitrogens with one attached hydrogen (secondary N) is 2. The van der Waals surface area contributed by atoms with Crippen LogP contribution in [-0.4, -0.2) is 26.8 Å². The number of carbonyl (C=O) groups is 2. The van der Waals surface area contributed by atoms with Crippen LogP contribution >= 0.6 is 0 Å².